The lowest BCUT2D eigenvalue weighted by molar-refractivity contribution is -0.154. The van der Waals surface area contributed by atoms with E-state index >= 15 is 0 Å². The van der Waals surface area contributed by atoms with Gasteiger partial charge in [-0.05, 0) is 39.5 Å². The van der Waals surface area contributed by atoms with Crippen LogP contribution < -0.4 is 4.74 Å². The lowest BCUT2D eigenvalue weighted by Crippen LogP contribution is -2.28. The van der Waals surface area contributed by atoms with Crippen LogP contribution in [0.5, 0.6) is 5.88 Å². The molecule has 0 bridgehead atoms. The van der Waals surface area contributed by atoms with Crippen molar-refractivity contribution < 1.29 is 27.4 Å². The largest absolute Gasteiger partial charge is 0.468 e. The molecule has 2 heterocycles. The molecule has 0 aromatic carbocycles. The van der Waals surface area contributed by atoms with E-state index in [1.54, 1.807) is 18.5 Å². The topological polar surface area (TPSA) is 60.2 Å². The molecule has 9 heteroatoms. The van der Waals surface area contributed by atoms with Crippen LogP contribution in [0.4, 0.5) is 17.6 Å². The Balaban J connectivity index is 2.00. The van der Waals surface area contributed by atoms with Crippen molar-refractivity contribution in [3.8, 4) is 17.1 Å². The van der Waals surface area contributed by atoms with Gasteiger partial charge < -0.3 is 9.84 Å². The van der Waals surface area contributed by atoms with Crippen molar-refractivity contribution in [2.45, 2.75) is 57.9 Å². The molecule has 1 N–H and O–H groups in total. The monoisotopic (exact) mass is 387 g/mol. The van der Waals surface area contributed by atoms with E-state index in [4.69, 9.17) is 0 Å². The minimum absolute atomic E-state index is 0.0508. The maximum atomic E-state index is 14.4. The van der Waals surface area contributed by atoms with Gasteiger partial charge >= 0.3 is 6.18 Å². The summed E-state index contributed by atoms with van der Waals surface area (Å²) in [6.07, 6.45) is -0.352. The van der Waals surface area contributed by atoms with E-state index in [-0.39, 0.29) is 18.0 Å². The molecule has 0 unspecified atom stereocenters. The summed E-state index contributed by atoms with van der Waals surface area (Å²) in [6.45, 7) is 2.04. The Morgan fingerprint density at radius 3 is 2.59 bits per heavy atom. The van der Waals surface area contributed by atoms with Gasteiger partial charge in [0, 0.05) is 22.9 Å². The van der Waals surface area contributed by atoms with Gasteiger partial charge in [0.1, 0.15) is 0 Å². The maximum absolute atomic E-state index is 14.4. The molecule has 0 atom stereocenters. The SMILES string of the molecule is CC(C)(O)Cn1nc(-c2cc(OCC(F)(F)F)ncc2F)c2c1CCCC2. The van der Waals surface area contributed by atoms with Gasteiger partial charge in [0.05, 0.1) is 24.0 Å². The smallest absolute Gasteiger partial charge is 0.422 e. The van der Waals surface area contributed by atoms with Crippen molar-refractivity contribution in [2.75, 3.05) is 6.61 Å². The van der Waals surface area contributed by atoms with Gasteiger partial charge in [-0.2, -0.15) is 18.3 Å². The normalized spacial score (nSPS) is 14.9. The van der Waals surface area contributed by atoms with Gasteiger partial charge in [0.2, 0.25) is 5.88 Å². The molecule has 0 saturated heterocycles. The summed E-state index contributed by atoms with van der Waals surface area (Å²) in [5.74, 6) is -0.999. The van der Waals surface area contributed by atoms with E-state index in [9.17, 15) is 22.7 Å². The first-order chi connectivity index (χ1) is 12.5. The summed E-state index contributed by atoms with van der Waals surface area (Å²) < 4.78 is 57.8. The van der Waals surface area contributed by atoms with Crippen LogP contribution in [0.15, 0.2) is 12.3 Å². The summed E-state index contributed by atoms with van der Waals surface area (Å²) in [4.78, 5) is 3.57. The highest BCUT2D eigenvalue weighted by molar-refractivity contribution is 5.66. The molecule has 2 aromatic rings. The van der Waals surface area contributed by atoms with Crippen molar-refractivity contribution >= 4 is 0 Å². The minimum atomic E-state index is -4.51. The van der Waals surface area contributed by atoms with E-state index in [0.717, 1.165) is 42.8 Å². The van der Waals surface area contributed by atoms with Gasteiger partial charge in [-0.3, -0.25) is 4.68 Å². The molecule has 148 valence electrons. The number of rotatable bonds is 5. The lowest BCUT2D eigenvalue weighted by atomic mass is 9.93. The second kappa shape index (κ2) is 7.10. The van der Waals surface area contributed by atoms with Crippen LogP contribution in [-0.2, 0) is 19.4 Å². The fourth-order valence-corrected chi connectivity index (χ4v) is 3.22. The number of hydrogen-bond acceptors (Lipinski definition) is 4. The second-order valence-corrected chi connectivity index (χ2v) is 7.36. The third-order valence-corrected chi connectivity index (χ3v) is 4.26. The van der Waals surface area contributed by atoms with Crippen molar-refractivity contribution in [3.63, 3.8) is 0 Å². The van der Waals surface area contributed by atoms with E-state index in [1.165, 1.54) is 0 Å². The molecule has 0 amide bonds. The van der Waals surface area contributed by atoms with Gasteiger partial charge in [-0.15, -0.1) is 0 Å². The average molecular weight is 387 g/mol. The summed E-state index contributed by atoms with van der Waals surface area (Å²) in [5.41, 5.74) is 1.19. The van der Waals surface area contributed by atoms with Crippen molar-refractivity contribution in [2.24, 2.45) is 0 Å². The Morgan fingerprint density at radius 1 is 1.22 bits per heavy atom. The first-order valence-electron chi connectivity index (χ1n) is 8.70. The second-order valence-electron chi connectivity index (χ2n) is 7.36. The van der Waals surface area contributed by atoms with Crippen LogP contribution in [0, 0.1) is 5.82 Å². The molecule has 0 radical (unpaired) electrons. The molecule has 5 nitrogen and oxygen atoms in total. The predicted octanol–water partition coefficient (Wildman–Crippen LogP) is 3.68. The van der Waals surface area contributed by atoms with Crippen LogP contribution in [0.2, 0.25) is 0 Å². The van der Waals surface area contributed by atoms with E-state index < -0.39 is 24.2 Å². The quantitative estimate of drug-likeness (QED) is 0.796. The van der Waals surface area contributed by atoms with Crippen LogP contribution >= 0.6 is 0 Å². The molecular formula is C18H21F4N3O2. The molecule has 3 rings (SSSR count). The Morgan fingerprint density at radius 2 is 1.93 bits per heavy atom. The summed E-state index contributed by atoms with van der Waals surface area (Å²) in [5, 5.41) is 14.6. The number of nitrogens with zero attached hydrogens (tertiary/aromatic N) is 3. The number of fused-ring (bicyclic) bond motifs is 1. The molecular weight excluding hydrogens is 366 g/mol. The number of ether oxygens (including phenoxy) is 1. The highest BCUT2D eigenvalue weighted by Crippen LogP contribution is 2.34. The molecule has 1 aliphatic rings. The first kappa shape index (κ1) is 19.6. The van der Waals surface area contributed by atoms with Crippen molar-refractivity contribution in [1.29, 1.82) is 0 Å². The number of halogens is 4. The molecule has 0 aliphatic heterocycles. The fourth-order valence-electron chi connectivity index (χ4n) is 3.22. The van der Waals surface area contributed by atoms with Gasteiger partial charge in [-0.1, -0.05) is 0 Å². The number of aromatic nitrogens is 3. The van der Waals surface area contributed by atoms with Gasteiger partial charge in [0.25, 0.3) is 0 Å². The zero-order valence-electron chi connectivity index (χ0n) is 15.1. The highest BCUT2D eigenvalue weighted by atomic mass is 19.4. The molecule has 2 aromatic heterocycles. The molecule has 1 aliphatic carbocycles. The maximum Gasteiger partial charge on any atom is 0.422 e. The Bertz CT molecular complexity index is 825. The highest BCUT2D eigenvalue weighted by Gasteiger charge is 2.30. The van der Waals surface area contributed by atoms with Gasteiger partial charge in [-0.25, -0.2) is 9.37 Å². The predicted molar refractivity (Wildman–Crippen MR) is 89.9 cm³/mol. The number of pyridine rings is 1. The Hall–Kier alpha value is -2.16. The Labute approximate surface area is 154 Å². The van der Waals surface area contributed by atoms with Crippen LogP contribution in [-0.4, -0.2) is 38.3 Å². The summed E-state index contributed by atoms with van der Waals surface area (Å²) in [6, 6.07) is 1.15. The van der Waals surface area contributed by atoms with Gasteiger partial charge in [0.15, 0.2) is 12.4 Å². The third-order valence-electron chi connectivity index (χ3n) is 4.26. The number of aliphatic hydroxyl groups is 1. The molecule has 0 fully saturated rings. The fraction of sp³-hybridized carbons (Fsp3) is 0.556. The minimum Gasteiger partial charge on any atom is -0.468 e. The van der Waals surface area contributed by atoms with E-state index in [1.807, 2.05) is 0 Å². The van der Waals surface area contributed by atoms with Crippen molar-refractivity contribution in [1.82, 2.24) is 14.8 Å². The number of alkyl halides is 3. The van der Waals surface area contributed by atoms with Crippen molar-refractivity contribution in [3.05, 3.63) is 29.3 Å². The van der Waals surface area contributed by atoms with Crippen LogP contribution in [0.25, 0.3) is 11.3 Å². The molecule has 27 heavy (non-hydrogen) atoms. The molecule has 0 spiro atoms. The lowest BCUT2D eigenvalue weighted by Gasteiger charge is -2.20. The van der Waals surface area contributed by atoms with Crippen LogP contribution in [0.3, 0.4) is 0 Å². The zero-order chi connectivity index (χ0) is 19.8. The van der Waals surface area contributed by atoms with E-state index in [2.05, 4.69) is 14.8 Å². The standard InChI is InChI=1S/C18H21F4N3O2/c1-17(2,26)9-25-14-6-4-3-5-11(14)16(24-25)12-7-15(23-8-13(12)19)27-10-18(20,21)22/h7-8,26H,3-6,9-10H2,1-2H3. The van der Waals surface area contributed by atoms with E-state index in [0.29, 0.717) is 12.1 Å². The van der Waals surface area contributed by atoms with Crippen LogP contribution in [0.1, 0.15) is 37.9 Å². The molecule has 0 saturated carbocycles. The number of hydrogen-bond donors (Lipinski definition) is 1. The zero-order valence-corrected chi connectivity index (χ0v) is 15.1. The third kappa shape index (κ3) is 4.77. The first-order valence-corrected chi connectivity index (χ1v) is 8.70. The average Bonchev–Trinajstić information content (AvgIpc) is 2.90. The summed E-state index contributed by atoms with van der Waals surface area (Å²) >= 11 is 0. The Kier molecular flexibility index (Phi) is 5.16. The summed E-state index contributed by atoms with van der Waals surface area (Å²) in [7, 11) is 0.